The van der Waals surface area contributed by atoms with Gasteiger partial charge < -0.3 is 14.9 Å². The highest BCUT2D eigenvalue weighted by atomic mass is 35.5. The molecule has 4 rings (SSSR count). The zero-order valence-corrected chi connectivity index (χ0v) is 24.4. The molecule has 224 valence electrons. The second-order valence-corrected chi connectivity index (χ2v) is 10.7. The number of aromatic nitrogens is 2. The van der Waals surface area contributed by atoms with Crippen LogP contribution >= 0.6 is 11.6 Å². The third-order valence-corrected chi connectivity index (χ3v) is 7.71. The summed E-state index contributed by atoms with van der Waals surface area (Å²) < 4.78 is 33.9. The number of aryl methyl sites for hydroxylation is 1. The van der Waals surface area contributed by atoms with Crippen LogP contribution in [0, 0.1) is 30.4 Å². The van der Waals surface area contributed by atoms with Crippen molar-refractivity contribution in [2.24, 2.45) is 11.8 Å². The average molecular weight is 605 g/mol. The molecule has 1 aliphatic heterocycles. The molecule has 0 fully saturated rings. The van der Waals surface area contributed by atoms with Gasteiger partial charge in [-0.3, -0.25) is 28.8 Å². The number of carbonyl (C=O) groups is 2. The summed E-state index contributed by atoms with van der Waals surface area (Å²) in [5.41, 5.74) is 0.304. The number of aliphatic hydroxyl groups excluding tert-OH is 2. The summed E-state index contributed by atoms with van der Waals surface area (Å²) in [5, 5.41) is 19.7. The standard InChI is InChI=1S/C29H31ClF2N4O6/c1-14(16(3)37)27(39)34-13-35(28(40)15(2)17(4)38)24-11-21(8-9-23(24)34)36-18(5)33-26(25(30)29(36)41)42-12-19-6-7-20(31)10-22(19)32/h6-11,14-17,37-38H,12-13H2,1-5H3. The Morgan fingerprint density at radius 3 is 2.14 bits per heavy atom. The molecule has 10 nitrogen and oxygen atoms in total. The molecule has 2 N–H and O–H groups in total. The zero-order valence-electron chi connectivity index (χ0n) is 23.6. The molecule has 42 heavy (non-hydrogen) atoms. The van der Waals surface area contributed by atoms with E-state index in [1.165, 1.54) is 47.3 Å². The second kappa shape index (κ2) is 12.2. The van der Waals surface area contributed by atoms with E-state index in [0.29, 0.717) is 17.4 Å². The Kier molecular flexibility index (Phi) is 9.00. The van der Waals surface area contributed by atoms with Crippen LogP contribution in [-0.2, 0) is 16.2 Å². The Morgan fingerprint density at radius 1 is 0.976 bits per heavy atom. The minimum atomic E-state index is -0.964. The molecule has 0 radical (unpaired) electrons. The van der Waals surface area contributed by atoms with Crippen LogP contribution < -0.4 is 20.1 Å². The number of nitrogens with zero attached hydrogens (tertiary/aromatic N) is 4. The SMILES string of the molecule is Cc1nc(OCc2ccc(F)cc2F)c(Cl)c(=O)n1-c1ccc2c(c1)N(C(=O)C(C)C(C)O)CN2C(=O)C(C)C(C)O. The van der Waals surface area contributed by atoms with E-state index in [-0.39, 0.29) is 41.3 Å². The number of benzene rings is 2. The second-order valence-electron chi connectivity index (χ2n) is 10.3. The van der Waals surface area contributed by atoms with Crippen molar-refractivity contribution in [1.82, 2.24) is 9.55 Å². The molecule has 0 saturated heterocycles. The molecule has 13 heteroatoms. The maximum Gasteiger partial charge on any atom is 0.280 e. The van der Waals surface area contributed by atoms with Crippen molar-refractivity contribution in [3.05, 3.63) is 74.8 Å². The largest absolute Gasteiger partial charge is 0.471 e. The van der Waals surface area contributed by atoms with E-state index in [9.17, 15) is 33.4 Å². The molecule has 0 spiro atoms. The van der Waals surface area contributed by atoms with Gasteiger partial charge in [-0.2, -0.15) is 4.98 Å². The van der Waals surface area contributed by atoms with Crippen LogP contribution in [0.5, 0.6) is 5.88 Å². The number of anilines is 2. The highest BCUT2D eigenvalue weighted by Gasteiger charge is 2.38. The van der Waals surface area contributed by atoms with Gasteiger partial charge >= 0.3 is 0 Å². The predicted molar refractivity (Wildman–Crippen MR) is 152 cm³/mol. The first-order valence-electron chi connectivity index (χ1n) is 13.2. The van der Waals surface area contributed by atoms with Gasteiger partial charge in [0.05, 0.1) is 41.1 Å². The lowest BCUT2D eigenvalue weighted by Gasteiger charge is -2.25. The summed E-state index contributed by atoms with van der Waals surface area (Å²) in [6.07, 6.45) is -1.90. The smallest absolute Gasteiger partial charge is 0.280 e. The Balaban J connectivity index is 1.74. The van der Waals surface area contributed by atoms with E-state index < -0.39 is 53.1 Å². The quantitative estimate of drug-likeness (QED) is 0.401. The van der Waals surface area contributed by atoms with E-state index >= 15 is 0 Å². The maximum atomic E-state index is 14.0. The number of fused-ring (bicyclic) bond motifs is 1. The minimum Gasteiger partial charge on any atom is -0.471 e. The lowest BCUT2D eigenvalue weighted by Crippen LogP contribution is -2.45. The molecule has 2 heterocycles. The Labute approximate surface area is 245 Å². The third-order valence-electron chi connectivity index (χ3n) is 7.39. The molecule has 1 aliphatic rings. The van der Waals surface area contributed by atoms with Crippen LogP contribution in [0.2, 0.25) is 5.02 Å². The average Bonchev–Trinajstić information content (AvgIpc) is 3.32. The Bertz CT molecular complexity index is 1600. The highest BCUT2D eigenvalue weighted by Crippen LogP contribution is 2.40. The topological polar surface area (TPSA) is 125 Å². The molecule has 4 unspecified atom stereocenters. The van der Waals surface area contributed by atoms with Gasteiger partial charge in [0.25, 0.3) is 5.56 Å². The first kappa shape index (κ1) is 31.1. The van der Waals surface area contributed by atoms with E-state index in [1.54, 1.807) is 26.0 Å². The predicted octanol–water partition coefficient (Wildman–Crippen LogP) is 3.72. The summed E-state index contributed by atoms with van der Waals surface area (Å²) >= 11 is 6.31. The van der Waals surface area contributed by atoms with Crippen molar-refractivity contribution in [3.8, 4) is 11.6 Å². The number of aliphatic hydroxyl groups is 2. The van der Waals surface area contributed by atoms with E-state index in [4.69, 9.17) is 16.3 Å². The summed E-state index contributed by atoms with van der Waals surface area (Å²) in [6.45, 7) is 7.14. The van der Waals surface area contributed by atoms with Crippen LogP contribution in [-0.4, -0.2) is 50.5 Å². The lowest BCUT2D eigenvalue weighted by atomic mass is 10.0. The first-order valence-corrected chi connectivity index (χ1v) is 13.6. The molecule has 0 bridgehead atoms. The van der Waals surface area contributed by atoms with Crippen molar-refractivity contribution >= 4 is 34.8 Å². The fourth-order valence-electron chi connectivity index (χ4n) is 4.44. The number of rotatable bonds is 8. The molecular formula is C29H31ClF2N4O6. The van der Waals surface area contributed by atoms with Crippen LogP contribution in [0.1, 0.15) is 39.1 Å². The van der Waals surface area contributed by atoms with Crippen LogP contribution in [0.3, 0.4) is 0 Å². The van der Waals surface area contributed by atoms with Crippen molar-refractivity contribution in [2.75, 3.05) is 16.5 Å². The minimum absolute atomic E-state index is 0.0370. The number of ether oxygens (including phenoxy) is 1. The number of halogens is 3. The van der Waals surface area contributed by atoms with Gasteiger partial charge in [-0.1, -0.05) is 25.4 Å². The van der Waals surface area contributed by atoms with Gasteiger partial charge in [0.15, 0.2) is 5.02 Å². The van der Waals surface area contributed by atoms with Gasteiger partial charge in [-0.25, -0.2) is 8.78 Å². The third kappa shape index (κ3) is 5.87. The van der Waals surface area contributed by atoms with Gasteiger partial charge in [0.1, 0.15) is 30.7 Å². The number of amides is 2. The van der Waals surface area contributed by atoms with E-state index in [1.807, 2.05) is 0 Å². The normalized spacial score (nSPS) is 15.7. The van der Waals surface area contributed by atoms with Gasteiger partial charge in [-0.05, 0) is 51.1 Å². The molecular weight excluding hydrogens is 574 g/mol. The lowest BCUT2D eigenvalue weighted by molar-refractivity contribution is -0.125. The van der Waals surface area contributed by atoms with E-state index in [2.05, 4.69) is 4.98 Å². The molecule has 2 amide bonds. The summed E-state index contributed by atoms with van der Waals surface area (Å²) in [6, 6.07) is 7.64. The molecule has 2 aromatic carbocycles. The van der Waals surface area contributed by atoms with Crippen LogP contribution in [0.4, 0.5) is 20.2 Å². The molecule has 1 aromatic heterocycles. The van der Waals surface area contributed by atoms with Crippen molar-refractivity contribution in [3.63, 3.8) is 0 Å². The Hall–Kier alpha value is -3.87. The van der Waals surface area contributed by atoms with Gasteiger partial charge in [-0.15, -0.1) is 0 Å². The van der Waals surface area contributed by atoms with Crippen molar-refractivity contribution in [2.45, 2.75) is 53.4 Å². The summed E-state index contributed by atoms with van der Waals surface area (Å²) in [4.78, 5) is 46.9. The van der Waals surface area contributed by atoms with Crippen LogP contribution in [0.25, 0.3) is 5.69 Å². The molecule has 0 aliphatic carbocycles. The number of hydrogen-bond donors (Lipinski definition) is 2. The van der Waals surface area contributed by atoms with Crippen molar-refractivity contribution in [1.29, 1.82) is 0 Å². The van der Waals surface area contributed by atoms with Crippen molar-refractivity contribution < 1.29 is 33.3 Å². The van der Waals surface area contributed by atoms with Gasteiger partial charge in [0.2, 0.25) is 17.7 Å². The number of carbonyl (C=O) groups excluding carboxylic acids is 2. The van der Waals surface area contributed by atoms with E-state index in [0.717, 1.165) is 6.07 Å². The fourth-order valence-corrected chi connectivity index (χ4v) is 4.62. The van der Waals surface area contributed by atoms with Gasteiger partial charge in [0, 0.05) is 11.6 Å². The zero-order chi connectivity index (χ0) is 31.0. The summed E-state index contributed by atoms with van der Waals surface area (Å²) in [7, 11) is 0. The number of hydrogen-bond acceptors (Lipinski definition) is 7. The van der Waals surface area contributed by atoms with Crippen LogP contribution in [0.15, 0.2) is 41.2 Å². The fraction of sp³-hybridized carbons (Fsp3) is 0.379. The Morgan fingerprint density at radius 2 is 1.57 bits per heavy atom. The molecule has 0 saturated carbocycles. The highest BCUT2D eigenvalue weighted by molar-refractivity contribution is 6.31. The monoisotopic (exact) mass is 604 g/mol. The summed E-state index contributed by atoms with van der Waals surface area (Å²) in [5.74, 6) is -4.06. The molecule has 3 aromatic rings. The molecule has 4 atom stereocenters. The maximum absolute atomic E-state index is 14.0. The first-order chi connectivity index (χ1) is 19.7.